The van der Waals surface area contributed by atoms with Crippen LogP contribution in [-0.4, -0.2) is 52.4 Å². The minimum Gasteiger partial charge on any atom is -0.322 e. The van der Waals surface area contributed by atoms with Gasteiger partial charge >= 0.3 is 6.03 Å². The summed E-state index contributed by atoms with van der Waals surface area (Å²) >= 11 is 0. The molecule has 6 heteroatoms. The molecule has 3 heterocycles. The van der Waals surface area contributed by atoms with Gasteiger partial charge in [-0.25, -0.2) is 4.79 Å². The third-order valence-corrected chi connectivity index (χ3v) is 5.45. The van der Waals surface area contributed by atoms with Crippen LogP contribution in [0.25, 0.3) is 0 Å². The number of amides is 3. The van der Waals surface area contributed by atoms with Crippen LogP contribution in [0.1, 0.15) is 36.1 Å². The number of hydrogen-bond acceptors (Lipinski definition) is 4. The number of pyridine rings is 1. The molecule has 0 aromatic carbocycles. The average Bonchev–Trinajstić information content (AvgIpc) is 3.05. The maximum Gasteiger partial charge on any atom is 0.324 e. The molecule has 3 aliphatic rings. The highest BCUT2D eigenvalue weighted by Crippen LogP contribution is 2.30. The SMILES string of the molecule is CN1C(=O)NC2(CCN(Cc3nccc4c3CCCC4)C2)C1=O. The number of imide groups is 1. The third kappa shape index (κ3) is 2.32. The molecular formula is C17H22N4O2. The van der Waals surface area contributed by atoms with Crippen LogP contribution in [0.2, 0.25) is 0 Å². The number of urea groups is 1. The zero-order valence-corrected chi connectivity index (χ0v) is 13.5. The molecule has 2 fully saturated rings. The Labute approximate surface area is 135 Å². The fourth-order valence-electron chi connectivity index (χ4n) is 4.14. The van der Waals surface area contributed by atoms with Crippen LogP contribution >= 0.6 is 0 Å². The number of aromatic nitrogens is 1. The van der Waals surface area contributed by atoms with E-state index in [4.69, 9.17) is 0 Å². The van der Waals surface area contributed by atoms with E-state index in [0.29, 0.717) is 13.0 Å². The lowest BCUT2D eigenvalue weighted by Gasteiger charge is -2.23. The Morgan fingerprint density at radius 2 is 2.13 bits per heavy atom. The van der Waals surface area contributed by atoms with E-state index in [-0.39, 0.29) is 11.9 Å². The highest BCUT2D eigenvalue weighted by atomic mass is 16.2. The summed E-state index contributed by atoms with van der Waals surface area (Å²) in [6.07, 6.45) is 7.33. The number of nitrogens with one attached hydrogen (secondary N) is 1. The number of likely N-dealkylation sites (tertiary alicyclic amines) is 1. The number of hydrogen-bond donors (Lipinski definition) is 1. The maximum absolute atomic E-state index is 12.4. The van der Waals surface area contributed by atoms with Crippen molar-refractivity contribution in [3.63, 3.8) is 0 Å². The summed E-state index contributed by atoms with van der Waals surface area (Å²) in [6, 6.07) is 1.85. The minimum atomic E-state index is -0.722. The van der Waals surface area contributed by atoms with Crippen LogP contribution in [0, 0.1) is 0 Å². The first-order valence-corrected chi connectivity index (χ1v) is 8.37. The molecule has 1 aliphatic carbocycles. The Morgan fingerprint density at radius 3 is 2.91 bits per heavy atom. The van der Waals surface area contributed by atoms with Crippen molar-refractivity contribution < 1.29 is 9.59 Å². The van der Waals surface area contributed by atoms with Gasteiger partial charge in [-0.1, -0.05) is 0 Å². The molecule has 1 aromatic heterocycles. The van der Waals surface area contributed by atoms with Crippen molar-refractivity contribution in [1.82, 2.24) is 20.1 Å². The lowest BCUT2D eigenvalue weighted by atomic mass is 9.91. The van der Waals surface area contributed by atoms with Gasteiger partial charge in [-0.3, -0.25) is 19.6 Å². The summed E-state index contributed by atoms with van der Waals surface area (Å²) in [5.74, 6) is -0.104. The van der Waals surface area contributed by atoms with Gasteiger partial charge in [0.15, 0.2) is 0 Å². The summed E-state index contributed by atoms with van der Waals surface area (Å²) in [6.45, 7) is 2.15. The molecule has 0 bridgehead atoms. The normalized spacial score (nSPS) is 27.6. The fraction of sp³-hybridized carbons (Fsp3) is 0.588. The highest BCUT2D eigenvalue weighted by Gasteiger charge is 2.53. The van der Waals surface area contributed by atoms with E-state index in [1.54, 1.807) is 7.05 Å². The Hall–Kier alpha value is -1.95. The van der Waals surface area contributed by atoms with Crippen LogP contribution in [0.5, 0.6) is 0 Å². The molecule has 1 N–H and O–H groups in total. The molecule has 23 heavy (non-hydrogen) atoms. The molecule has 0 saturated carbocycles. The van der Waals surface area contributed by atoms with E-state index in [0.717, 1.165) is 31.6 Å². The minimum absolute atomic E-state index is 0.104. The second-order valence-corrected chi connectivity index (χ2v) is 6.94. The summed E-state index contributed by atoms with van der Waals surface area (Å²) in [4.78, 5) is 32.2. The van der Waals surface area contributed by atoms with Gasteiger partial charge in [0.1, 0.15) is 5.54 Å². The van der Waals surface area contributed by atoms with E-state index in [9.17, 15) is 9.59 Å². The van der Waals surface area contributed by atoms with Gasteiger partial charge in [0, 0.05) is 32.9 Å². The molecule has 2 saturated heterocycles. The Bertz CT molecular complexity index is 675. The number of carbonyl (C=O) groups is 2. The average molecular weight is 314 g/mol. The topological polar surface area (TPSA) is 65.5 Å². The predicted octanol–water partition coefficient (Wildman–Crippen LogP) is 1.09. The molecule has 3 amide bonds. The Balaban J connectivity index is 1.52. The number of nitrogens with zero attached hydrogens (tertiary/aromatic N) is 3. The van der Waals surface area contributed by atoms with Crippen molar-refractivity contribution in [3.05, 3.63) is 29.1 Å². The number of rotatable bonds is 2. The van der Waals surface area contributed by atoms with Crippen molar-refractivity contribution in [2.75, 3.05) is 20.1 Å². The third-order valence-electron chi connectivity index (χ3n) is 5.45. The molecule has 0 radical (unpaired) electrons. The van der Waals surface area contributed by atoms with Gasteiger partial charge in [0.25, 0.3) is 5.91 Å². The summed E-state index contributed by atoms with van der Waals surface area (Å²) < 4.78 is 0. The van der Waals surface area contributed by atoms with Crippen molar-refractivity contribution in [3.8, 4) is 0 Å². The summed E-state index contributed by atoms with van der Waals surface area (Å²) in [7, 11) is 1.55. The van der Waals surface area contributed by atoms with E-state index in [2.05, 4.69) is 21.3 Å². The van der Waals surface area contributed by atoms with Crippen LogP contribution in [-0.2, 0) is 24.2 Å². The second-order valence-electron chi connectivity index (χ2n) is 6.94. The van der Waals surface area contributed by atoms with E-state index in [1.165, 1.54) is 28.9 Å². The van der Waals surface area contributed by atoms with E-state index in [1.807, 2.05) is 6.20 Å². The van der Waals surface area contributed by atoms with E-state index < -0.39 is 5.54 Å². The molecular weight excluding hydrogens is 292 g/mol. The van der Waals surface area contributed by atoms with Gasteiger partial charge in [0.05, 0.1) is 5.69 Å². The fourth-order valence-corrected chi connectivity index (χ4v) is 4.14. The zero-order chi connectivity index (χ0) is 16.0. The van der Waals surface area contributed by atoms with Crippen molar-refractivity contribution >= 4 is 11.9 Å². The first kappa shape index (κ1) is 14.6. The lowest BCUT2D eigenvalue weighted by molar-refractivity contribution is -0.130. The second kappa shape index (κ2) is 5.30. The Kier molecular flexibility index (Phi) is 3.37. The molecule has 1 aromatic rings. The lowest BCUT2D eigenvalue weighted by Crippen LogP contribution is -2.49. The number of likely N-dealkylation sites (N-methyl/N-ethyl adjacent to an activating group) is 1. The van der Waals surface area contributed by atoms with Crippen LogP contribution in [0.15, 0.2) is 12.3 Å². The van der Waals surface area contributed by atoms with Crippen LogP contribution in [0.3, 0.4) is 0 Å². The van der Waals surface area contributed by atoms with Gasteiger partial charge in [-0.05, 0) is 49.3 Å². The van der Waals surface area contributed by atoms with Gasteiger partial charge in [0.2, 0.25) is 0 Å². The first-order chi connectivity index (χ1) is 11.1. The maximum atomic E-state index is 12.4. The molecule has 1 unspecified atom stereocenters. The Morgan fingerprint density at radius 1 is 1.30 bits per heavy atom. The molecule has 1 atom stereocenters. The standard InChI is InChI=1S/C17H22N4O2/c1-20-15(22)17(19-16(20)23)7-9-21(11-17)10-14-13-5-3-2-4-12(13)6-8-18-14/h6,8H,2-5,7,9-11H2,1H3,(H,19,23). The van der Waals surface area contributed by atoms with Crippen molar-refractivity contribution in [1.29, 1.82) is 0 Å². The van der Waals surface area contributed by atoms with Gasteiger partial charge in [-0.2, -0.15) is 0 Å². The molecule has 2 aliphatic heterocycles. The summed E-state index contributed by atoms with van der Waals surface area (Å²) in [5.41, 5.74) is 3.25. The molecule has 122 valence electrons. The van der Waals surface area contributed by atoms with Crippen molar-refractivity contribution in [2.45, 2.75) is 44.2 Å². The number of fused-ring (bicyclic) bond motifs is 1. The van der Waals surface area contributed by atoms with Gasteiger partial charge < -0.3 is 5.32 Å². The molecule has 6 nitrogen and oxygen atoms in total. The quantitative estimate of drug-likeness (QED) is 0.830. The van der Waals surface area contributed by atoms with Crippen LogP contribution in [0.4, 0.5) is 4.79 Å². The first-order valence-electron chi connectivity index (χ1n) is 8.37. The number of aryl methyl sites for hydroxylation is 1. The zero-order valence-electron chi connectivity index (χ0n) is 13.5. The van der Waals surface area contributed by atoms with Gasteiger partial charge in [-0.15, -0.1) is 0 Å². The summed E-state index contributed by atoms with van der Waals surface area (Å²) in [5, 5.41) is 2.88. The molecule has 1 spiro atoms. The monoisotopic (exact) mass is 314 g/mol. The largest absolute Gasteiger partial charge is 0.324 e. The highest BCUT2D eigenvalue weighted by molar-refractivity contribution is 6.07. The molecule has 4 rings (SSSR count). The smallest absolute Gasteiger partial charge is 0.322 e. The van der Waals surface area contributed by atoms with Crippen molar-refractivity contribution in [2.24, 2.45) is 0 Å². The van der Waals surface area contributed by atoms with E-state index >= 15 is 0 Å². The number of carbonyl (C=O) groups excluding carboxylic acids is 2. The van der Waals surface area contributed by atoms with Crippen LogP contribution < -0.4 is 5.32 Å². The predicted molar refractivity (Wildman–Crippen MR) is 84.8 cm³/mol.